The molecule has 27 heavy (non-hydrogen) atoms. The van der Waals surface area contributed by atoms with Gasteiger partial charge in [0.25, 0.3) is 0 Å². The van der Waals surface area contributed by atoms with Gasteiger partial charge in [-0.3, -0.25) is 4.98 Å². The monoisotopic (exact) mass is 369 g/mol. The van der Waals surface area contributed by atoms with Crippen molar-refractivity contribution in [1.82, 2.24) is 9.97 Å². The van der Waals surface area contributed by atoms with Gasteiger partial charge in [-0.1, -0.05) is 36.4 Å². The summed E-state index contributed by atoms with van der Waals surface area (Å²) in [5, 5.41) is 1.74. The molecule has 1 unspecified atom stereocenters. The van der Waals surface area contributed by atoms with Crippen LogP contribution in [0.1, 0.15) is 18.5 Å². The van der Waals surface area contributed by atoms with E-state index < -0.39 is 18.8 Å². The van der Waals surface area contributed by atoms with Gasteiger partial charge < -0.3 is 9.88 Å². The van der Waals surface area contributed by atoms with Crippen LogP contribution in [0.4, 0.5) is 18.9 Å². The predicted molar refractivity (Wildman–Crippen MR) is 102 cm³/mol. The van der Waals surface area contributed by atoms with Crippen molar-refractivity contribution in [2.24, 2.45) is 0 Å². The topological polar surface area (TPSA) is 31.9 Å². The number of pyridine rings is 1. The van der Waals surface area contributed by atoms with Gasteiger partial charge in [-0.05, 0) is 30.7 Å². The Morgan fingerprint density at radius 2 is 1.81 bits per heavy atom. The number of hydrogen-bond acceptors (Lipinski definition) is 2. The van der Waals surface area contributed by atoms with Gasteiger partial charge in [0.05, 0.1) is 23.4 Å². The summed E-state index contributed by atoms with van der Waals surface area (Å²) in [6.07, 6.45) is -1.03. The molecular formula is C21H18F3N3. The van der Waals surface area contributed by atoms with E-state index in [1.165, 1.54) is 11.1 Å². The Morgan fingerprint density at radius 1 is 1.07 bits per heavy atom. The average Bonchev–Trinajstić information content (AvgIpc) is 3.08. The second kappa shape index (κ2) is 6.61. The zero-order valence-corrected chi connectivity index (χ0v) is 14.7. The molecular weight excluding hydrogens is 351 g/mol. The first kappa shape index (κ1) is 17.4. The molecule has 0 saturated carbocycles. The Hall–Kier alpha value is -3.02. The molecule has 0 amide bonds. The number of alkyl halides is 3. The molecule has 0 aliphatic carbocycles. The number of fused-ring (bicyclic) bond motifs is 2. The van der Waals surface area contributed by atoms with Crippen molar-refractivity contribution >= 4 is 27.5 Å². The normalized spacial score (nSPS) is 13.2. The molecule has 138 valence electrons. The number of nitrogens with one attached hydrogen (secondary N) is 1. The van der Waals surface area contributed by atoms with E-state index in [0.29, 0.717) is 5.69 Å². The van der Waals surface area contributed by atoms with E-state index in [2.05, 4.69) is 9.97 Å². The molecule has 1 N–H and O–H groups in total. The van der Waals surface area contributed by atoms with Crippen LogP contribution < -0.4 is 4.90 Å². The number of nitrogens with zero attached hydrogens (tertiary/aromatic N) is 2. The van der Waals surface area contributed by atoms with Crippen LogP contribution in [0, 0.1) is 0 Å². The van der Waals surface area contributed by atoms with Crippen molar-refractivity contribution in [2.75, 3.05) is 11.4 Å². The highest BCUT2D eigenvalue weighted by Crippen LogP contribution is 2.34. The van der Waals surface area contributed by atoms with Crippen molar-refractivity contribution in [1.29, 1.82) is 0 Å². The van der Waals surface area contributed by atoms with Crippen molar-refractivity contribution in [2.45, 2.75) is 19.1 Å². The minimum Gasteiger partial charge on any atom is -0.361 e. The fourth-order valence-corrected chi connectivity index (χ4v) is 3.47. The van der Waals surface area contributed by atoms with E-state index >= 15 is 0 Å². The van der Waals surface area contributed by atoms with Gasteiger partial charge in [-0.25, -0.2) is 0 Å². The molecule has 3 nitrogen and oxygen atoms in total. The predicted octanol–water partition coefficient (Wildman–Crippen LogP) is 5.85. The molecule has 2 aromatic carbocycles. The highest BCUT2D eigenvalue weighted by molar-refractivity contribution is 5.85. The smallest absolute Gasteiger partial charge is 0.361 e. The number of rotatable bonds is 4. The molecule has 0 radical (unpaired) electrons. The Labute approximate surface area is 154 Å². The Kier molecular flexibility index (Phi) is 4.26. The minimum atomic E-state index is -4.33. The Bertz CT molecular complexity index is 1080. The number of H-pyrrole nitrogens is 1. The SMILES string of the molecule is CC(c1c[nH]c2ccccc12)N(CC(F)(F)F)c1cnc2ccccc2c1. The van der Waals surface area contributed by atoms with Crippen molar-refractivity contribution in [3.63, 3.8) is 0 Å². The third kappa shape index (κ3) is 3.47. The zero-order chi connectivity index (χ0) is 19.0. The summed E-state index contributed by atoms with van der Waals surface area (Å²) in [6, 6.07) is 16.3. The summed E-state index contributed by atoms with van der Waals surface area (Å²) >= 11 is 0. The molecule has 0 spiro atoms. The maximum absolute atomic E-state index is 13.4. The summed E-state index contributed by atoms with van der Waals surface area (Å²) in [6.45, 7) is 0.740. The lowest BCUT2D eigenvalue weighted by Gasteiger charge is -2.32. The van der Waals surface area contributed by atoms with Crippen LogP contribution in [-0.2, 0) is 0 Å². The summed E-state index contributed by atoms with van der Waals surface area (Å²) < 4.78 is 40.1. The van der Waals surface area contributed by atoms with Crippen LogP contribution in [0.5, 0.6) is 0 Å². The van der Waals surface area contributed by atoms with Crippen LogP contribution in [0.3, 0.4) is 0 Å². The Morgan fingerprint density at radius 3 is 2.63 bits per heavy atom. The van der Waals surface area contributed by atoms with Gasteiger partial charge in [0.1, 0.15) is 6.54 Å². The third-order valence-electron chi connectivity index (χ3n) is 4.80. The quantitative estimate of drug-likeness (QED) is 0.490. The molecule has 2 heterocycles. The lowest BCUT2D eigenvalue weighted by molar-refractivity contribution is -0.120. The minimum absolute atomic E-state index is 0.448. The van der Waals surface area contributed by atoms with Gasteiger partial charge in [0.15, 0.2) is 0 Å². The lowest BCUT2D eigenvalue weighted by Crippen LogP contribution is -2.36. The molecule has 1 atom stereocenters. The van der Waals surface area contributed by atoms with Crippen molar-refractivity contribution < 1.29 is 13.2 Å². The van der Waals surface area contributed by atoms with Crippen molar-refractivity contribution in [3.8, 4) is 0 Å². The maximum Gasteiger partial charge on any atom is 0.405 e. The van der Waals surface area contributed by atoms with Gasteiger partial charge >= 0.3 is 6.18 Å². The van der Waals surface area contributed by atoms with Crippen LogP contribution in [0.15, 0.2) is 67.0 Å². The fraction of sp³-hybridized carbons (Fsp3) is 0.190. The molecule has 4 rings (SSSR count). The first-order valence-electron chi connectivity index (χ1n) is 8.66. The van der Waals surface area contributed by atoms with E-state index in [1.807, 2.05) is 48.5 Å². The van der Waals surface area contributed by atoms with Crippen molar-refractivity contribution in [3.05, 3.63) is 72.6 Å². The summed E-state index contributed by atoms with van der Waals surface area (Å²) in [5.74, 6) is 0. The molecule has 0 aliphatic rings. The molecule has 4 aromatic rings. The highest BCUT2D eigenvalue weighted by Gasteiger charge is 2.34. The van der Waals surface area contributed by atoms with E-state index in [4.69, 9.17) is 0 Å². The summed E-state index contributed by atoms with van der Waals surface area (Å²) in [7, 11) is 0. The average molecular weight is 369 g/mol. The number of hydrogen-bond donors (Lipinski definition) is 1. The van der Waals surface area contributed by atoms with Crippen LogP contribution in [0.25, 0.3) is 21.8 Å². The van der Waals surface area contributed by atoms with Crippen LogP contribution in [0.2, 0.25) is 0 Å². The van der Waals surface area contributed by atoms with Gasteiger partial charge in [-0.2, -0.15) is 13.2 Å². The number of aromatic amines is 1. The Balaban J connectivity index is 1.80. The molecule has 6 heteroatoms. The number of para-hydroxylation sites is 2. The molecule has 0 aliphatic heterocycles. The van der Waals surface area contributed by atoms with E-state index in [0.717, 1.165) is 27.4 Å². The molecule has 0 fully saturated rings. The van der Waals surface area contributed by atoms with E-state index in [1.54, 1.807) is 19.2 Å². The number of aromatic nitrogens is 2. The van der Waals surface area contributed by atoms with E-state index in [9.17, 15) is 13.2 Å². The van der Waals surface area contributed by atoms with Crippen LogP contribution >= 0.6 is 0 Å². The first-order chi connectivity index (χ1) is 12.9. The first-order valence-corrected chi connectivity index (χ1v) is 8.66. The third-order valence-corrected chi connectivity index (χ3v) is 4.80. The fourth-order valence-electron chi connectivity index (χ4n) is 3.47. The lowest BCUT2D eigenvalue weighted by atomic mass is 10.0. The molecule has 0 saturated heterocycles. The summed E-state index contributed by atoms with van der Waals surface area (Å²) in [5.41, 5.74) is 2.93. The molecule has 0 bridgehead atoms. The van der Waals surface area contributed by atoms with E-state index in [-0.39, 0.29) is 0 Å². The second-order valence-corrected chi connectivity index (χ2v) is 6.59. The zero-order valence-electron chi connectivity index (χ0n) is 14.7. The van der Waals surface area contributed by atoms with Gasteiger partial charge in [0, 0.05) is 22.5 Å². The molecule has 2 aromatic heterocycles. The summed E-state index contributed by atoms with van der Waals surface area (Å²) in [4.78, 5) is 8.84. The number of benzene rings is 2. The number of halogens is 3. The van der Waals surface area contributed by atoms with Crippen LogP contribution in [-0.4, -0.2) is 22.7 Å². The van der Waals surface area contributed by atoms with Gasteiger partial charge in [0.2, 0.25) is 0 Å². The largest absolute Gasteiger partial charge is 0.405 e. The van der Waals surface area contributed by atoms with Gasteiger partial charge in [-0.15, -0.1) is 0 Å². The highest BCUT2D eigenvalue weighted by atomic mass is 19.4. The maximum atomic E-state index is 13.4. The number of anilines is 1. The standard InChI is InChI=1S/C21H18F3N3/c1-14(18-12-26-20-9-5-3-7-17(18)20)27(13-21(22,23)24)16-10-15-6-2-4-8-19(15)25-11-16/h2-12,14,26H,13H2,1H3. The second-order valence-electron chi connectivity index (χ2n) is 6.59.